The number of nitrogens with zero attached hydrogens (tertiary/aromatic N) is 1. The lowest BCUT2D eigenvalue weighted by Crippen LogP contribution is -2.37. The summed E-state index contributed by atoms with van der Waals surface area (Å²) in [6.45, 7) is 0.129. The Morgan fingerprint density at radius 3 is 2.15 bits per heavy atom. The third-order valence-electron chi connectivity index (χ3n) is 4.84. The number of carbonyl (C=O) groups is 3. The van der Waals surface area contributed by atoms with E-state index in [0.717, 1.165) is 22.2 Å². The predicted octanol–water partition coefficient (Wildman–Crippen LogP) is 3.19. The minimum Gasteiger partial charge on any atom is -0.497 e. The summed E-state index contributed by atoms with van der Waals surface area (Å²) in [6.07, 6.45) is 1.65. The quantitative estimate of drug-likeness (QED) is 0.555. The number of carbonyl (C=O) groups excluding carboxylic acids is 3. The first-order chi connectivity index (χ1) is 15.9. The van der Waals surface area contributed by atoms with Gasteiger partial charge in [0, 0.05) is 18.7 Å². The molecule has 3 rings (SSSR count). The number of amides is 3. The number of nitrogens with one attached hydrogen (secondary N) is 1. The number of ether oxygens (including phenoxy) is 4. The lowest BCUT2D eigenvalue weighted by molar-refractivity contribution is -0.122. The summed E-state index contributed by atoms with van der Waals surface area (Å²) >= 11 is 0.863. The Morgan fingerprint density at radius 1 is 0.970 bits per heavy atom. The second kappa shape index (κ2) is 10.8. The molecule has 1 heterocycles. The average Bonchev–Trinajstić information content (AvgIpc) is 3.10. The largest absolute Gasteiger partial charge is 0.497 e. The SMILES string of the molecule is COc1ccc(C=C2SC(=O)N(CCNC(=O)c3cc(OC)c(OC)c(OC)c3)C2=O)cc1. The van der Waals surface area contributed by atoms with E-state index in [0.29, 0.717) is 27.9 Å². The molecule has 2 aromatic rings. The van der Waals surface area contributed by atoms with Crippen LogP contribution in [0.2, 0.25) is 0 Å². The zero-order chi connectivity index (χ0) is 24.0. The number of hydrogen-bond acceptors (Lipinski definition) is 8. The van der Waals surface area contributed by atoms with Gasteiger partial charge in [-0.25, -0.2) is 0 Å². The zero-order valence-electron chi connectivity index (χ0n) is 18.7. The Bertz CT molecular complexity index is 1060. The van der Waals surface area contributed by atoms with Crippen molar-refractivity contribution in [2.45, 2.75) is 0 Å². The van der Waals surface area contributed by atoms with Crippen LogP contribution in [-0.4, -0.2) is 63.5 Å². The highest BCUT2D eigenvalue weighted by atomic mass is 32.2. The van der Waals surface area contributed by atoms with Crippen LogP contribution in [-0.2, 0) is 4.79 Å². The van der Waals surface area contributed by atoms with Crippen molar-refractivity contribution in [3.8, 4) is 23.0 Å². The maximum atomic E-state index is 12.7. The van der Waals surface area contributed by atoms with Crippen molar-refractivity contribution in [3.63, 3.8) is 0 Å². The topological polar surface area (TPSA) is 103 Å². The molecule has 10 heteroatoms. The molecule has 2 aromatic carbocycles. The second-order valence-electron chi connectivity index (χ2n) is 6.78. The Morgan fingerprint density at radius 2 is 1.61 bits per heavy atom. The highest BCUT2D eigenvalue weighted by Gasteiger charge is 2.34. The molecule has 0 bridgehead atoms. The fourth-order valence-corrected chi connectivity index (χ4v) is 4.00. The van der Waals surface area contributed by atoms with Gasteiger partial charge in [-0.15, -0.1) is 0 Å². The number of hydrogen-bond donors (Lipinski definition) is 1. The number of thioether (sulfide) groups is 1. The first-order valence-corrected chi connectivity index (χ1v) is 10.7. The first-order valence-electron chi connectivity index (χ1n) is 9.89. The Hall–Kier alpha value is -3.66. The molecule has 1 N–H and O–H groups in total. The van der Waals surface area contributed by atoms with Gasteiger partial charge in [0.1, 0.15) is 5.75 Å². The molecular weight excluding hydrogens is 448 g/mol. The summed E-state index contributed by atoms with van der Waals surface area (Å²) in [4.78, 5) is 39.0. The number of benzene rings is 2. The van der Waals surface area contributed by atoms with Crippen LogP contribution in [0.4, 0.5) is 4.79 Å². The molecule has 9 nitrogen and oxygen atoms in total. The van der Waals surface area contributed by atoms with Gasteiger partial charge in [-0.05, 0) is 47.7 Å². The summed E-state index contributed by atoms with van der Waals surface area (Å²) in [6, 6.07) is 10.2. The number of rotatable bonds is 9. The molecular formula is C23H24N2O7S. The average molecular weight is 473 g/mol. The van der Waals surface area contributed by atoms with Crippen LogP contribution in [0.3, 0.4) is 0 Å². The lowest BCUT2D eigenvalue weighted by Gasteiger charge is -2.15. The molecule has 0 aromatic heterocycles. The molecule has 1 aliphatic rings. The van der Waals surface area contributed by atoms with Crippen LogP contribution >= 0.6 is 11.8 Å². The first kappa shape index (κ1) is 24.0. The van der Waals surface area contributed by atoms with Crippen LogP contribution in [0.5, 0.6) is 23.0 Å². The maximum absolute atomic E-state index is 12.7. The third-order valence-corrected chi connectivity index (χ3v) is 5.74. The molecule has 0 saturated carbocycles. The van der Waals surface area contributed by atoms with Gasteiger partial charge >= 0.3 is 0 Å². The number of methoxy groups -OCH3 is 4. The van der Waals surface area contributed by atoms with E-state index >= 15 is 0 Å². The van der Waals surface area contributed by atoms with E-state index in [-0.39, 0.29) is 23.9 Å². The van der Waals surface area contributed by atoms with Crippen LogP contribution in [0.15, 0.2) is 41.3 Å². The van der Waals surface area contributed by atoms with Crippen LogP contribution in [0, 0.1) is 0 Å². The van der Waals surface area contributed by atoms with Crippen molar-refractivity contribution in [3.05, 3.63) is 52.4 Å². The van der Waals surface area contributed by atoms with Crippen molar-refractivity contribution in [1.82, 2.24) is 10.2 Å². The van der Waals surface area contributed by atoms with E-state index in [4.69, 9.17) is 18.9 Å². The van der Waals surface area contributed by atoms with Gasteiger partial charge in [0.25, 0.3) is 17.1 Å². The fourth-order valence-electron chi connectivity index (χ4n) is 3.14. The van der Waals surface area contributed by atoms with Gasteiger partial charge in [0.2, 0.25) is 5.75 Å². The molecule has 1 aliphatic heterocycles. The van der Waals surface area contributed by atoms with Gasteiger partial charge in [-0.3, -0.25) is 19.3 Å². The van der Waals surface area contributed by atoms with Crippen LogP contribution in [0.25, 0.3) is 6.08 Å². The summed E-state index contributed by atoms with van der Waals surface area (Å²) in [5.41, 5.74) is 1.06. The highest BCUT2D eigenvalue weighted by Crippen LogP contribution is 2.38. The molecule has 0 aliphatic carbocycles. The Balaban J connectivity index is 1.63. The van der Waals surface area contributed by atoms with Gasteiger partial charge in [-0.1, -0.05) is 12.1 Å². The van der Waals surface area contributed by atoms with Gasteiger partial charge < -0.3 is 24.3 Å². The van der Waals surface area contributed by atoms with Crippen LogP contribution in [0.1, 0.15) is 15.9 Å². The Kier molecular flexibility index (Phi) is 7.83. The predicted molar refractivity (Wildman–Crippen MR) is 124 cm³/mol. The van der Waals surface area contributed by atoms with Crippen LogP contribution < -0.4 is 24.3 Å². The summed E-state index contributed by atoms with van der Waals surface area (Å²) in [5, 5.41) is 2.32. The van der Waals surface area contributed by atoms with E-state index in [1.54, 1.807) is 37.5 Å². The van der Waals surface area contributed by atoms with E-state index in [2.05, 4.69) is 5.32 Å². The molecule has 0 atom stereocenters. The Labute approximate surface area is 195 Å². The molecule has 0 spiro atoms. The van der Waals surface area contributed by atoms with Crippen molar-refractivity contribution < 1.29 is 33.3 Å². The molecule has 3 amide bonds. The summed E-state index contributed by atoms with van der Waals surface area (Å²) < 4.78 is 20.9. The van der Waals surface area contributed by atoms with E-state index in [1.807, 2.05) is 0 Å². The van der Waals surface area contributed by atoms with E-state index < -0.39 is 11.8 Å². The van der Waals surface area contributed by atoms with Crippen molar-refractivity contribution >= 4 is 34.9 Å². The van der Waals surface area contributed by atoms with Gasteiger partial charge in [0.05, 0.1) is 33.3 Å². The second-order valence-corrected chi connectivity index (χ2v) is 7.77. The standard InChI is InChI=1S/C23H24N2O7S/c1-29-16-7-5-14(6-8-16)11-19-22(27)25(23(28)33-19)10-9-24-21(26)15-12-17(30-2)20(32-4)18(13-15)31-3/h5-8,11-13H,9-10H2,1-4H3,(H,24,26). The van der Waals surface area contributed by atoms with E-state index in [1.165, 1.54) is 33.5 Å². The smallest absolute Gasteiger partial charge is 0.293 e. The molecule has 0 radical (unpaired) electrons. The zero-order valence-corrected chi connectivity index (χ0v) is 19.5. The molecule has 0 unspecified atom stereocenters. The molecule has 1 saturated heterocycles. The summed E-state index contributed by atoms with van der Waals surface area (Å²) in [7, 11) is 5.96. The van der Waals surface area contributed by atoms with Crippen molar-refractivity contribution in [2.24, 2.45) is 0 Å². The van der Waals surface area contributed by atoms with Crippen molar-refractivity contribution in [2.75, 3.05) is 41.5 Å². The maximum Gasteiger partial charge on any atom is 0.293 e. The van der Waals surface area contributed by atoms with Gasteiger partial charge in [0.15, 0.2) is 11.5 Å². The molecule has 33 heavy (non-hydrogen) atoms. The van der Waals surface area contributed by atoms with E-state index in [9.17, 15) is 14.4 Å². The summed E-state index contributed by atoms with van der Waals surface area (Å²) in [5.74, 6) is 0.951. The molecule has 174 valence electrons. The van der Waals surface area contributed by atoms with Crippen molar-refractivity contribution in [1.29, 1.82) is 0 Å². The van der Waals surface area contributed by atoms with Gasteiger partial charge in [-0.2, -0.15) is 0 Å². The third kappa shape index (κ3) is 5.40. The highest BCUT2D eigenvalue weighted by molar-refractivity contribution is 8.18. The fraction of sp³-hybridized carbons (Fsp3) is 0.261. The normalized spacial score (nSPS) is 14.4. The minimum atomic E-state index is -0.407. The minimum absolute atomic E-state index is 0.0424. The molecule has 1 fully saturated rings. The number of imide groups is 1. The lowest BCUT2D eigenvalue weighted by atomic mass is 10.1. The monoisotopic (exact) mass is 472 g/mol.